The topological polar surface area (TPSA) is 75.9 Å². The van der Waals surface area contributed by atoms with Gasteiger partial charge in [-0.3, -0.25) is 9.59 Å². The molecule has 0 spiro atoms. The molecule has 1 aliphatic rings. The van der Waals surface area contributed by atoms with E-state index in [1.807, 2.05) is 0 Å². The van der Waals surface area contributed by atoms with Crippen LogP contribution in [-0.2, 0) is 14.3 Å². The zero-order valence-electron chi connectivity index (χ0n) is 8.94. The Hall–Kier alpha value is -1.14. The van der Waals surface area contributed by atoms with Crippen molar-refractivity contribution < 1.29 is 14.3 Å². The van der Waals surface area contributed by atoms with E-state index in [-0.39, 0.29) is 25.0 Å². The molecular weight excluding hydrogens is 198 g/mol. The normalized spacial score (nSPS) is 16.7. The molecule has 0 aliphatic carbocycles. The predicted molar refractivity (Wildman–Crippen MR) is 54.1 cm³/mol. The third-order valence-corrected chi connectivity index (χ3v) is 2.43. The number of carbonyl (C=O) groups excluding carboxylic acids is 2. The van der Waals surface area contributed by atoms with Crippen molar-refractivity contribution in [3.8, 4) is 0 Å². The van der Waals surface area contributed by atoms with E-state index in [4.69, 9.17) is 10.5 Å². The van der Waals surface area contributed by atoms with Crippen molar-refractivity contribution in [1.29, 1.82) is 0 Å². The zero-order valence-corrected chi connectivity index (χ0v) is 8.94. The highest BCUT2D eigenvalue weighted by Crippen LogP contribution is 2.02. The maximum Gasteiger partial charge on any atom is 0.248 e. The summed E-state index contributed by atoms with van der Waals surface area (Å²) in [5.41, 5.74) is 5.25. The van der Waals surface area contributed by atoms with E-state index in [1.165, 1.54) is 7.11 Å². The van der Waals surface area contributed by atoms with Gasteiger partial charge in [-0.15, -0.1) is 0 Å². The van der Waals surface area contributed by atoms with Gasteiger partial charge in [-0.2, -0.15) is 0 Å². The molecule has 6 nitrogen and oxygen atoms in total. The lowest BCUT2D eigenvalue weighted by molar-refractivity contribution is -0.141. The van der Waals surface area contributed by atoms with Gasteiger partial charge in [-0.1, -0.05) is 0 Å². The summed E-state index contributed by atoms with van der Waals surface area (Å²) in [7, 11) is 1.49. The Bertz CT molecular complexity index is 237. The van der Waals surface area contributed by atoms with Crippen molar-refractivity contribution in [2.45, 2.75) is 0 Å². The summed E-state index contributed by atoms with van der Waals surface area (Å²) in [5, 5.41) is 0. The van der Waals surface area contributed by atoms with Crippen LogP contribution in [-0.4, -0.2) is 68.1 Å². The molecule has 0 atom stereocenters. The number of methoxy groups -OCH3 is 1. The molecule has 15 heavy (non-hydrogen) atoms. The van der Waals surface area contributed by atoms with Crippen LogP contribution in [0.25, 0.3) is 0 Å². The molecule has 0 aromatic carbocycles. The van der Waals surface area contributed by atoms with E-state index >= 15 is 0 Å². The van der Waals surface area contributed by atoms with Gasteiger partial charge in [-0.25, -0.2) is 0 Å². The summed E-state index contributed by atoms with van der Waals surface area (Å²) in [5.74, 6) is -0.0915. The number of rotatable bonds is 3. The second-order valence-electron chi connectivity index (χ2n) is 3.40. The third-order valence-electron chi connectivity index (χ3n) is 2.43. The first-order chi connectivity index (χ1) is 7.19. The lowest BCUT2D eigenvalue weighted by Gasteiger charge is -2.34. The van der Waals surface area contributed by atoms with Gasteiger partial charge in [0.1, 0.15) is 6.61 Å². The maximum atomic E-state index is 11.4. The molecule has 6 heteroatoms. The van der Waals surface area contributed by atoms with Crippen molar-refractivity contribution >= 4 is 11.8 Å². The van der Waals surface area contributed by atoms with Crippen LogP contribution in [0.3, 0.4) is 0 Å². The van der Waals surface area contributed by atoms with Crippen molar-refractivity contribution in [2.24, 2.45) is 5.73 Å². The van der Waals surface area contributed by atoms with Crippen LogP contribution in [0.4, 0.5) is 0 Å². The summed E-state index contributed by atoms with van der Waals surface area (Å²) in [6.07, 6.45) is 0. The highest BCUT2D eigenvalue weighted by atomic mass is 16.5. The number of hydrogen-bond acceptors (Lipinski definition) is 4. The lowest BCUT2D eigenvalue weighted by Crippen LogP contribution is -2.52. The minimum Gasteiger partial charge on any atom is -0.375 e. The second-order valence-corrected chi connectivity index (χ2v) is 3.40. The molecule has 0 aromatic heterocycles. The van der Waals surface area contributed by atoms with Crippen LogP contribution in [0.2, 0.25) is 0 Å². The molecule has 1 heterocycles. The third kappa shape index (κ3) is 3.17. The number of carbonyl (C=O) groups is 2. The number of nitrogens with zero attached hydrogens (tertiary/aromatic N) is 2. The van der Waals surface area contributed by atoms with Gasteiger partial charge >= 0.3 is 0 Å². The molecule has 0 saturated carbocycles. The number of nitrogens with two attached hydrogens (primary N) is 1. The summed E-state index contributed by atoms with van der Waals surface area (Å²) < 4.78 is 4.76. The predicted octanol–water partition coefficient (Wildman–Crippen LogP) is -1.74. The highest BCUT2D eigenvalue weighted by molar-refractivity contribution is 5.80. The molecular formula is C9H17N3O3. The van der Waals surface area contributed by atoms with Crippen molar-refractivity contribution in [3.05, 3.63) is 0 Å². The molecule has 0 bridgehead atoms. The van der Waals surface area contributed by atoms with Gasteiger partial charge in [0.05, 0.1) is 6.54 Å². The summed E-state index contributed by atoms with van der Waals surface area (Å²) in [6.45, 7) is 2.38. The van der Waals surface area contributed by atoms with Gasteiger partial charge in [0.2, 0.25) is 11.8 Å². The first-order valence-electron chi connectivity index (χ1n) is 4.93. The molecule has 2 N–H and O–H groups in total. The van der Waals surface area contributed by atoms with E-state index in [0.29, 0.717) is 26.2 Å². The highest BCUT2D eigenvalue weighted by Gasteiger charge is 2.22. The van der Waals surface area contributed by atoms with Crippen LogP contribution in [0.5, 0.6) is 0 Å². The van der Waals surface area contributed by atoms with Crippen LogP contribution in [0.1, 0.15) is 0 Å². The molecule has 0 radical (unpaired) electrons. The first kappa shape index (κ1) is 11.9. The monoisotopic (exact) mass is 215 g/mol. The molecule has 1 rings (SSSR count). The quantitative estimate of drug-likeness (QED) is 0.606. The zero-order chi connectivity index (χ0) is 11.3. The van der Waals surface area contributed by atoms with Crippen LogP contribution in [0, 0.1) is 0 Å². The van der Waals surface area contributed by atoms with Crippen molar-refractivity contribution in [3.63, 3.8) is 0 Å². The van der Waals surface area contributed by atoms with Crippen LogP contribution in [0.15, 0.2) is 0 Å². The summed E-state index contributed by atoms with van der Waals surface area (Å²) >= 11 is 0. The van der Waals surface area contributed by atoms with E-state index in [9.17, 15) is 9.59 Å². The molecule has 0 unspecified atom stereocenters. The maximum absolute atomic E-state index is 11.4. The summed E-state index contributed by atoms with van der Waals surface area (Å²) in [6, 6.07) is 0. The number of ether oxygens (including phenoxy) is 1. The van der Waals surface area contributed by atoms with E-state index < -0.39 is 0 Å². The molecule has 1 aliphatic heterocycles. The summed E-state index contributed by atoms with van der Waals surface area (Å²) in [4.78, 5) is 26.0. The number of amides is 2. The fourth-order valence-corrected chi connectivity index (χ4v) is 1.55. The average molecular weight is 215 g/mol. The lowest BCUT2D eigenvalue weighted by atomic mass is 10.3. The molecule has 0 aromatic rings. The Labute approximate surface area is 88.9 Å². The minimum absolute atomic E-state index is 0.0302. The molecule has 1 saturated heterocycles. The van der Waals surface area contributed by atoms with Gasteiger partial charge in [-0.05, 0) is 0 Å². The van der Waals surface area contributed by atoms with E-state index in [1.54, 1.807) is 9.80 Å². The smallest absolute Gasteiger partial charge is 0.248 e. The average Bonchev–Trinajstić information content (AvgIpc) is 2.28. The van der Waals surface area contributed by atoms with Gasteiger partial charge in [0, 0.05) is 33.3 Å². The van der Waals surface area contributed by atoms with Crippen molar-refractivity contribution in [1.82, 2.24) is 9.80 Å². The SMILES string of the molecule is COCC(=O)N1CCN(C(=O)CN)CC1. The van der Waals surface area contributed by atoms with Crippen LogP contribution < -0.4 is 5.73 Å². The Morgan fingerprint density at radius 3 is 2.00 bits per heavy atom. The van der Waals surface area contributed by atoms with Crippen LogP contribution >= 0.6 is 0 Å². The number of hydrogen-bond donors (Lipinski definition) is 1. The molecule has 86 valence electrons. The fourth-order valence-electron chi connectivity index (χ4n) is 1.55. The van der Waals surface area contributed by atoms with Crippen molar-refractivity contribution in [2.75, 3.05) is 46.4 Å². The largest absolute Gasteiger partial charge is 0.375 e. The van der Waals surface area contributed by atoms with E-state index in [0.717, 1.165) is 0 Å². The molecule has 2 amide bonds. The van der Waals surface area contributed by atoms with Gasteiger partial charge in [0.25, 0.3) is 0 Å². The Kier molecular flexibility index (Phi) is 4.51. The number of piperazine rings is 1. The van der Waals surface area contributed by atoms with E-state index in [2.05, 4.69) is 0 Å². The Morgan fingerprint density at radius 2 is 1.60 bits per heavy atom. The first-order valence-corrected chi connectivity index (χ1v) is 4.93. The van der Waals surface area contributed by atoms with Gasteiger partial charge < -0.3 is 20.3 Å². The molecule has 1 fully saturated rings. The fraction of sp³-hybridized carbons (Fsp3) is 0.778. The second kappa shape index (κ2) is 5.67. The standard InChI is InChI=1S/C9H17N3O3/c1-15-7-9(14)12-4-2-11(3-5-12)8(13)6-10/h2-7,10H2,1H3. The van der Waals surface area contributed by atoms with Gasteiger partial charge in [0.15, 0.2) is 0 Å². The Balaban J connectivity index is 2.35. The Morgan fingerprint density at radius 1 is 1.13 bits per heavy atom. The minimum atomic E-state index is -0.0613.